The lowest BCUT2D eigenvalue weighted by Gasteiger charge is -2.13. The van der Waals surface area contributed by atoms with Crippen molar-refractivity contribution in [3.63, 3.8) is 0 Å². The fraction of sp³-hybridized carbons (Fsp3) is 0.667. The van der Waals surface area contributed by atoms with Gasteiger partial charge in [0.25, 0.3) is 0 Å². The molecule has 0 aliphatic carbocycles. The van der Waals surface area contributed by atoms with Crippen LogP contribution in [0.3, 0.4) is 0 Å². The number of ether oxygens (including phenoxy) is 2. The second kappa shape index (κ2) is 14.8. The highest BCUT2D eigenvalue weighted by atomic mass is 16.6. The Balaban J connectivity index is 4.03. The van der Waals surface area contributed by atoms with Gasteiger partial charge < -0.3 is 29.9 Å². The van der Waals surface area contributed by atoms with Crippen LogP contribution in [-0.2, 0) is 38.2 Å². The van der Waals surface area contributed by atoms with E-state index in [0.29, 0.717) is 25.7 Å². The molecule has 0 rings (SSSR count). The molecule has 0 aliphatic rings. The fourth-order valence-electron chi connectivity index (χ4n) is 2.30. The molecule has 0 aromatic carbocycles. The maximum atomic E-state index is 11.6. The first-order chi connectivity index (χ1) is 14.0. The van der Waals surface area contributed by atoms with E-state index in [2.05, 4.69) is 0 Å². The van der Waals surface area contributed by atoms with E-state index in [1.54, 1.807) is 0 Å². The first kappa shape index (κ1) is 26.8. The summed E-state index contributed by atoms with van der Waals surface area (Å²) >= 11 is 0. The largest absolute Gasteiger partial charge is 0.481 e. The molecule has 4 N–H and O–H groups in total. The molecule has 2 atom stereocenters. The summed E-state index contributed by atoms with van der Waals surface area (Å²) in [5, 5.41) is 34.9. The van der Waals surface area contributed by atoms with Crippen LogP contribution in [0.1, 0.15) is 64.2 Å². The van der Waals surface area contributed by atoms with Gasteiger partial charge in [0.15, 0.2) is 12.2 Å². The van der Waals surface area contributed by atoms with Crippen molar-refractivity contribution in [3.05, 3.63) is 0 Å². The van der Waals surface area contributed by atoms with Crippen LogP contribution in [0.4, 0.5) is 0 Å². The molecule has 12 nitrogen and oxygen atoms in total. The van der Waals surface area contributed by atoms with Crippen LogP contribution in [-0.4, -0.2) is 68.4 Å². The number of aliphatic carboxylic acids is 4. The maximum Gasteiger partial charge on any atom is 0.345 e. The van der Waals surface area contributed by atoms with E-state index in [4.69, 9.17) is 29.9 Å². The molecule has 0 aromatic rings. The lowest BCUT2D eigenvalue weighted by atomic mass is 10.1. The van der Waals surface area contributed by atoms with Gasteiger partial charge >= 0.3 is 35.8 Å². The number of rotatable bonds is 17. The van der Waals surface area contributed by atoms with Gasteiger partial charge in [0.05, 0.1) is 0 Å². The number of hydrogen-bond donors (Lipinski definition) is 4. The minimum Gasteiger partial charge on any atom is -0.481 e. The predicted octanol–water partition coefficient (Wildman–Crippen LogP) is 1.05. The number of carbonyl (C=O) groups is 6. The Morgan fingerprint density at radius 2 is 0.867 bits per heavy atom. The Morgan fingerprint density at radius 3 is 1.13 bits per heavy atom. The molecule has 0 spiro atoms. The van der Waals surface area contributed by atoms with Crippen LogP contribution < -0.4 is 0 Å². The molecule has 30 heavy (non-hydrogen) atoms. The van der Waals surface area contributed by atoms with Gasteiger partial charge in [0, 0.05) is 38.5 Å². The number of carboxylic acid groups (broad SMARTS) is 4. The number of esters is 2. The molecule has 0 heterocycles. The molecule has 0 aliphatic heterocycles. The molecule has 12 heteroatoms. The molecule has 0 bridgehead atoms. The average molecular weight is 434 g/mol. The molecule has 0 saturated carbocycles. The summed E-state index contributed by atoms with van der Waals surface area (Å²) < 4.78 is 9.48. The highest BCUT2D eigenvalue weighted by molar-refractivity contribution is 5.79. The van der Waals surface area contributed by atoms with Crippen molar-refractivity contribution in [1.29, 1.82) is 0 Å². The second-order valence-corrected chi connectivity index (χ2v) is 6.41. The van der Waals surface area contributed by atoms with Crippen LogP contribution in [0.2, 0.25) is 0 Å². The van der Waals surface area contributed by atoms with Crippen molar-refractivity contribution >= 4 is 35.8 Å². The zero-order valence-electron chi connectivity index (χ0n) is 16.3. The van der Waals surface area contributed by atoms with Crippen LogP contribution in [0.5, 0.6) is 0 Å². The van der Waals surface area contributed by atoms with Crippen molar-refractivity contribution in [2.24, 2.45) is 0 Å². The molecule has 2 unspecified atom stereocenters. The van der Waals surface area contributed by atoms with E-state index >= 15 is 0 Å². The van der Waals surface area contributed by atoms with Crippen molar-refractivity contribution in [1.82, 2.24) is 0 Å². The predicted molar refractivity (Wildman–Crippen MR) is 96.5 cm³/mol. The standard InChI is InChI=1S/C18H26O12/c19-13(20)9-7-11(17(25)26)29-15(23)5-3-1-2-4-6-16(24)30-12(18(27)28)8-10-14(21)22/h11-12H,1-10H2,(H,19,20)(H,21,22)(H,25,26)(H,27,28). The topological polar surface area (TPSA) is 202 Å². The fourth-order valence-corrected chi connectivity index (χ4v) is 2.30. The average Bonchev–Trinajstić information content (AvgIpc) is 2.63. The quantitative estimate of drug-likeness (QED) is 0.187. The molecule has 0 aromatic heterocycles. The van der Waals surface area contributed by atoms with Gasteiger partial charge in [-0.3, -0.25) is 19.2 Å². The van der Waals surface area contributed by atoms with Crippen LogP contribution >= 0.6 is 0 Å². The third kappa shape index (κ3) is 13.9. The summed E-state index contributed by atoms with van der Waals surface area (Å²) in [6, 6.07) is 0. The van der Waals surface area contributed by atoms with Crippen LogP contribution in [0, 0.1) is 0 Å². The van der Waals surface area contributed by atoms with Crippen molar-refractivity contribution < 1.29 is 58.7 Å². The third-order valence-electron chi connectivity index (χ3n) is 3.85. The number of carboxylic acids is 4. The maximum absolute atomic E-state index is 11.6. The molecule has 170 valence electrons. The summed E-state index contributed by atoms with van der Waals surface area (Å²) in [5.41, 5.74) is 0. The number of unbranched alkanes of at least 4 members (excludes halogenated alkanes) is 3. The molecule has 0 amide bonds. The zero-order valence-corrected chi connectivity index (χ0v) is 16.3. The van der Waals surface area contributed by atoms with Crippen molar-refractivity contribution in [2.45, 2.75) is 76.4 Å². The summed E-state index contributed by atoms with van der Waals surface area (Å²) in [5.74, 6) is -6.79. The minimum atomic E-state index is -1.52. The highest BCUT2D eigenvalue weighted by Gasteiger charge is 2.24. The minimum absolute atomic E-state index is 0.0719. The van der Waals surface area contributed by atoms with Crippen molar-refractivity contribution in [2.75, 3.05) is 0 Å². The summed E-state index contributed by atoms with van der Waals surface area (Å²) in [4.78, 5) is 66.1. The van der Waals surface area contributed by atoms with E-state index in [-0.39, 0.29) is 25.7 Å². The van der Waals surface area contributed by atoms with E-state index in [1.165, 1.54) is 0 Å². The molecular formula is C18H26O12. The smallest absolute Gasteiger partial charge is 0.345 e. The van der Waals surface area contributed by atoms with Gasteiger partial charge in [-0.25, -0.2) is 9.59 Å². The van der Waals surface area contributed by atoms with E-state index in [1.807, 2.05) is 0 Å². The molecule has 0 fully saturated rings. The summed E-state index contributed by atoms with van der Waals surface area (Å²) in [6.07, 6.45) is -3.00. The molecular weight excluding hydrogens is 408 g/mol. The Hall–Kier alpha value is -3.18. The van der Waals surface area contributed by atoms with Crippen LogP contribution in [0.15, 0.2) is 0 Å². The summed E-state index contributed by atoms with van der Waals surface area (Å²) in [6.45, 7) is 0. The normalized spacial score (nSPS) is 12.4. The molecule has 0 radical (unpaired) electrons. The summed E-state index contributed by atoms with van der Waals surface area (Å²) in [7, 11) is 0. The Kier molecular flexibility index (Phi) is 13.2. The zero-order chi connectivity index (χ0) is 23.1. The SMILES string of the molecule is O=C(O)CCC(OC(=O)CCCCCCC(=O)OC(CCC(=O)O)C(=O)O)C(=O)O. The van der Waals surface area contributed by atoms with Gasteiger partial charge in [-0.1, -0.05) is 12.8 Å². The Labute approximate surface area is 171 Å². The molecule has 0 saturated heterocycles. The van der Waals surface area contributed by atoms with Gasteiger partial charge in [-0.2, -0.15) is 0 Å². The lowest BCUT2D eigenvalue weighted by Crippen LogP contribution is -2.27. The van der Waals surface area contributed by atoms with Crippen LogP contribution in [0.25, 0.3) is 0 Å². The third-order valence-corrected chi connectivity index (χ3v) is 3.85. The van der Waals surface area contributed by atoms with Gasteiger partial charge in [-0.15, -0.1) is 0 Å². The lowest BCUT2D eigenvalue weighted by molar-refractivity contribution is -0.165. The van der Waals surface area contributed by atoms with Gasteiger partial charge in [0.1, 0.15) is 0 Å². The van der Waals surface area contributed by atoms with Crippen molar-refractivity contribution in [3.8, 4) is 0 Å². The highest BCUT2D eigenvalue weighted by Crippen LogP contribution is 2.11. The first-order valence-electron chi connectivity index (χ1n) is 9.31. The van der Waals surface area contributed by atoms with Gasteiger partial charge in [0.2, 0.25) is 0 Å². The Morgan fingerprint density at radius 1 is 0.533 bits per heavy atom. The van der Waals surface area contributed by atoms with E-state index < -0.39 is 60.9 Å². The van der Waals surface area contributed by atoms with E-state index in [0.717, 1.165) is 0 Å². The van der Waals surface area contributed by atoms with E-state index in [9.17, 15) is 28.8 Å². The second-order valence-electron chi connectivity index (χ2n) is 6.41. The van der Waals surface area contributed by atoms with Gasteiger partial charge in [-0.05, 0) is 12.8 Å². The number of hydrogen-bond acceptors (Lipinski definition) is 8. The first-order valence-corrected chi connectivity index (χ1v) is 9.31. The monoisotopic (exact) mass is 434 g/mol. The number of carbonyl (C=O) groups excluding carboxylic acids is 2. The Bertz CT molecular complexity index is 573.